The molecular weight excluding hydrogens is 260 g/mol. The molecule has 1 aromatic carbocycles. The third-order valence-electron chi connectivity index (χ3n) is 4.02. The first kappa shape index (κ1) is 14.0. The van der Waals surface area contributed by atoms with Crippen molar-refractivity contribution in [3.63, 3.8) is 0 Å². The van der Waals surface area contributed by atoms with Crippen molar-refractivity contribution >= 4 is 5.82 Å². The molecule has 0 fully saturated rings. The van der Waals surface area contributed by atoms with Crippen LogP contribution in [0.25, 0.3) is 0 Å². The summed E-state index contributed by atoms with van der Waals surface area (Å²) in [5.74, 6) is 1.08. The van der Waals surface area contributed by atoms with Crippen molar-refractivity contribution in [2.45, 2.75) is 32.2 Å². The zero-order chi connectivity index (χ0) is 14.5. The molecule has 0 aliphatic heterocycles. The largest absolute Gasteiger partial charge is 0.351 e. The summed E-state index contributed by atoms with van der Waals surface area (Å²) in [6, 6.07) is 10.5. The molecule has 4 nitrogen and oxygen atoms in total. The van der Waals surface area contributed by atoms with Crippen molar-refractivity contribution < 1.29 is 0 Å². The van der Waals surface area contributed by atoms with Crippen molar-refractivity contribution in [3.8, 4) is 0 Å². The molecule has 1 aliphatic carbocycles. The van der Waals surface area contributed by atoms with E-state index < -0.39 is 0 Å². The smallest absolute Gasteiger partial charge is 0.135 e. The first-order valence-corrected chi connectivity index (χ1v) is 7.70. The Morgan fingerprint density at radius 3 is 2.67 bits per heavy atom. The molecule has 0 saturated heterocycles. The van der Waals surface area contributed by atoms with Gasteiger partial charge in [0, 0.05) is 30.9 Å². The SMILES string of the molecule is NCCN(Cc1ccccc1)c1ncnc2c1CCCC2. The Hall–Kier alpha value is -1.94. The highest BCUT2D eigenvalue weighted by molar-refractivity contribution is 5.50. The molecule has 21 heavy (non-hydrogen) atoms. The minimum Gasteiger partial charge on any atom is -0.351 e. The monoisotopic (exact) mass is 282 g/mol. The summed E-state index contributed by atoms with van der Waals surface area (Å²) in [4.78, 5) is 11.3. The lowest BCUT2D eigenvalue weighted by molar-refractivity contribution is 0.652. The Morgan fingerprint density at radius 2 is 1.86 bits per heavy atom. The van der Waals surface area contributed by atoms with Gasteiger partial charge in [-0.2, -0.15) is 0 Å². The fraction of sp³-hybridized carbons (Fsp3) is 0.412. The number of aryl methyl sites for hydroxylation is 1. The Morgan fingerprint density at radius 1 is 1.05 bits per heavy atom. The Balaban J connectivity index is 1.90. The lowest BCUT2D eigenvalue weighted by Gasteiger charge is -2.27. The van der Waals surface area contributed by atoms with Crippen LogP contribution in [0.5, 0.6) is 0 Å². The predicted molar refractivity (Wildman–Crippen MR) is 85.2 cm³/mol. The van der Waals surface area contributed by atoms with Crippen LogP contribution >= 0.6 is 0 Å². The van der Waals surface area contributed by atoms with Crippen molar-refractivity contribution in [1.29, 1.82) is 0 Å². The minimum absolute atomic E-state index is 0.631. The zero-order valence-corrected chi connectivity index (χ0v) is 12.3. The van der Waals surface area contributed by atoms with Crippen molar-refractivity contribution in [2.75, 3.05) is 18.0 Å². The summed E-state index contributed by atoms with van der Waals surface area (Å²) in [6.45, 7) is 2.30. The first-order valence-electron chi connectivity index (χ1n) is 7.70. The molecule has 0 atom stereocenters. The standard InChI is InChI=1S/C17H22N4/c18-10-11-21(12-14-6-2-1-3-7-14)17-15-8-4-5-9-16(15)19-13-20-17/h1-3,6-7,13H,4-5,8-12,18H2. The van der Waals surface area contributed by atoms with Gasteiger partial charge in [0.2, 0.25) is 0 Å². The topological polar surface area (TPSA) is 55.0 Å². The molecule has 1 aliphatic rings. The zero-order valence-electron chi connectivity index (χ0n) is 12.3. The molecule has 1 aromatic heterocycles. The van der Waals surface area contributed by atoms with E-state index in [2.05, 4.69) is 39.1 Å². The van der Waals surface area contributed by atoms with Crippen LogP contribution in [0.3, 0.4) is 0 Å². The molecule has 0 saturated carbocycles. The van der Waals surface area contributed by atoms with E-state index in [4.69, 9.17) is 5.73 Å². The van der Waals surface area contributed by atoms with E-state index in [1.807, 2.05) is 6.07 Å². The molecule has 0 spiro atoms. The molecule has 4 heteroatoms. The highest BCUT2D eigenvalue weighted by atomic mass is 15.2. The van der Waals surface area contributed by atoms with Gasteiger partial charge in [0.1, 0.15) is 12.1 Å². The van der Waals surface area contributed by atoms with Gasteiger partial charge in [0.05, 0.1) is 0 Å². The van der Waals surface area contributed by atoms with Gasteiger partial charge in [-0.25, -0.2) is 9.97 Å². The average molecular weight is 282 g/mol. The molecule has 110 valence electrons. The van der Waals surface area contributed by atoms with Gasteiger partial charge in [0.15, 0.2) is 0 Å². The van der Waals surface area contributed by atoms with Gasteiger partial charge < -0.3 is 10.6 Å². The lowest BCUT2D eigenvalue weighted by atomic mass is 9.96. The van der Waals surface area contributed by atoms with Crippen molar-refractivity contribution in [3.05, 3.63) is 53.5 Å². The third-order valence-corrected chi connectivity index (χ3v) is 4.02. The second-order valence-electron chi connectivity index (χ2n) is 5.53. The lowest BCUT2D eigenvalue weighted by Crippen LogP contribution is -2.31. The fourth-order valence-electron chi connectivity index (χ4n) is 3.00. The van der Waals surface area contributed by atoms with Gasteiger partial charge in [-0.15, -0.1) is 0 Å². The number of rotatable bonds is 5. The maximum Gasteiger partial charge on any atom is 0.135 e. The van der Waals surface area contributed by atoms with E-state index in [0.29, 0.717) is 6.54 Å². The third kappa shape index (κ3) is 3.22. The van der Waals surface area contributed by atoms with Gasteiger partial charge in [-0.1, -0.05) is 30.3 Å². The molecule has 0 amide bonds. The second kappa shape index (κ2) is 6.68. The van der Waals surface area contributed by atoms with Crippen LogP contribution in [-0.4, -0.2) is 23.1 Å². The maximum absolute atomic E-state index is 5.81. The first-order chi connectivity index (χ1) is 10.4. The normalized spacial score (nSPS) is 13.8. The van der Waals surface area contributed by atoms with E-state index >= 15 is 0 Å². The number of aromatic nitrogens is 2. The van der Waals surface area contributed by atoms with E-state index in [1.54, 1.807) is 6.33 Å². The summed E-state index contributed by atoms with van der Waals surface area (Å²) >= 11 is 0. The summed E-state index contributed by atoms with van der Waals surface area (Å²) in [6.07, 6.45) is 6.33. The van der Waals surface area contributed by atoms with E-state index in [1.165, 1.54) is 29.7 Å². The van der Waals surface area contributed by atoms with Gasteiger partial charge in [0.25, 0.3) is 0 Å². The highest BCUT2D eigenvalue weighted by Crippen LogP contribution is 2.27. The summed E-state index contributed by atoms with van der Waals surface area (Å²) in [5.41, 5.74) is 9.65. The van der Waals surface area contributed by atoms with Crippen LogP contribution in [0.15, 0.2) is 36.7 Å². The molecule has 1 heterocycles. The number of hydrogen-bond donors (Lipinski definition) is 1. The minimum atomic E-state index is 0.631. The summed E-state index contributed by atoms with van der Waals surface area (Å²) in [7, 11) is 0. The molecule has 2 aromatic rings. The number of nitrogens with two attached hydrogens (primary N) is 1. The van der Waals surface area contributed by atoms with Crippen molar-refractivity contribution in [1.82, 2.24) is 9.97 Å². The number of benzene rings is 1. The molecule has 0 bridgehead atoms. The van der Waals surface area contributed by atoms with Crippen LogP contribution in [-0.2, 0) is 19.4 Å². The molecule has 0 unspecified atom stereocenters. The maximum atomic E-state index is 5.81. The highest BCUT2D eigenvalue weighted by Gasteiger charge is 2.19. The van der Waals surface area contributed by atoms with E-state index in [0.717, 1.165) is 31.7 Å². The number of anilines is 1. The van der Waals surface area contributed by atoms with Crippen LogP contribution in [0.2, 0.25) is 0 Å². The van der Waals surface area contributed by atoms with Crippen LogP contribution in [0.1, 0.15) is 29.7 Å². The predicted octanol–water partition coefficient (Wildman–Crippen LogP) is 2.32. The van der Waals surface area contributed by atoms with Gasteiger partial charge >= 0.3 is 0 Å². The Bertz CT molecular complexity index is 583. The molecule has 2 N–H and O–H groups in total. The van der Waals surface area contributed by atoms with Gasteiger partial charge in [-0.3, -0.25) is 0 Å². The number of hydrogen-bond acceptors (Lipinski definition) is 4. The molecule has 0 radical (unpaired) electrons. The quantitative estimate of drug-likeness (QED) is 0.914. The van der Waals surface area contributed by atoms with Crippen LogP contribution in [0, 0.1) is 0 Å². The summed E-state index contributed by atoms with van der Waals surface area (Å²) in [5, 5.41) is 0. The van der Waals surface area contributed by atoms with Crippen LogP contribution in [0.4, 0.5) is 5.82 Å². The second-order valence-corrected chi connectivity index (χ2v) is 5.53. The summed E-state index contributed by atoms with van der Waals surface area (Å²) < 4.78 is 0. The Kier molecular flexibility index (Phi) is 4.46. The number of nitrogens with zero attached hydrogens (tertiary/aromatic N) is 3. The van der Waals surface area contributed by atoms with E-state index in [-0.39, 0.29) is 0 Å². The van der Waals surface area contributed by atoms with Gasteiger partial charge in [-0.05, 0) is 31.2 Å². The van der Waals surface area contributed by atoms with Crippen molar-refractivity contribution in [2.24, 2.45) is 5.73 Å². The average Bonchev–Trinajstić information content (AvgIpc) is 2.55. The number of fused-ring (bicyclic) bond motifs is 1. The van der Waals surface area contributed by atoms with Crippen LogP contribution < -0.4 is 10.6 Å². The van der Waals surface area contributed by atoms with E-state index in [9.17, 15) is 0 Å². The fourth-order valence-corrected chi connectivity index (χ4v) is 3.00. The molecular formula is C17H22N4. The molecule has 3 rings (SSSR count). The Labute approximate surface area is 126 Å².